The van der Waals surface area contributed by atoms with E-state index in [1.165, 1.54) is 16.2 Å². The van der Waals surface area contributed by atoms with E-state index in [0.717, 1.165) is 16.9 Å². The van der Waals surface area contributed by atoms with E-state index in [2.05, 4.69) is 10.3 Å². The first-order chi connectivity index (χ1) is 13.6. The minimum absolute atomic E-state index is 0.0776. The number of thiazole rings is 1. The van der Waals surface area contributed by atoms with Gasteiger partial charge in [0, 0.05) is 24.5 Å². The molecule has 0 fully saturated rings. The van der Waals surface area contributed by atoms with Crippen molar-refractivity contribution < 1.29 is 14.3 Å². The lowest BCUT2D eigenvalue weighted by Gasteiger charge is -2.19. The van der Waals surface area contributed by atoms with Crippen molar-refractivity contribution in [3.8, 4) is 5.75 Å². The summed E-state index contributed by atoms with van der Waals surface area (Å²) >= 11 is 1.33. The van der Waals surface area contributed by atoms with Crippen LogP contribution in [0.25, 0.3) is 0 Å². The maximum atomic E-state index is 12.7. The number of ether oxygens (including phenoxy) is 1. The van der Waals surface area contributed by atoms with Gasteiger partial charge in [-0.1, -0.05) is 42.5 Å². The van der Waals surface area contributed by atoms with Gasteiger partial charge in [0.15, 0.2) is 5.01 Å². The van der Waals surface area contributed by atoms with E-state index in [1.54, 1.807) is 19.3 Å². The summed E-state index contributed by atoms with van der Waals surface area (Å²) in [6, 6.07) is 16.5. The second kappa shape index (κ2) is 7.82. The van der Waals surface area contributed by atoms with Crippen molar-refractivity contribution in [1.82, 2.24) is 10.3 Å². The lowest BCUT2D eigenvalue weighted by atomic mass is 10.1. The van der Waals surface area contributed by atoms with Gasteiger partial charge in [0.2, 0.25) is 0 Å². The molecule has 0 saturated heterocycles. The normalized spacial score (nSPS) is 16.1. The molecule has 2 heterocycles. The zero-order valence-corrected chi connectivity index (χ0v) is 16.1. The van der Waals surface area contributed by atoms with Gasteiger partial charge < -0.3 is 15.0 Å². The van der Waals surface area contributed by atoms with Gasteiger partial charge in [0.25, 0.3) is 11.8 Å². The molecule has 0 bridgehead atoms. The van der Waals surface area contributed by atoms with Crippen molar-refractivity contribution in [2.45, 2.75) is 12.5 Å². The Hall–Kier alpha value is -3.19. The Labute approximate surface area is 166 Å². The first-order valence-electron chi connectivity index (χ1n) is 8.90. The number of para-hydroxylation sites is 2. The molecule has 142 valence electrons. The molecule has 0 aliphatic carbocycles. The molecule has 1 aromatic heterocycles. The standard InChI is InChI=1S/C21H19N3O3S/c1-24-17-9-5-6-10-18(17)27-13-16(21(24)26)23-19(25)20-22-12-15(28-20)11-14-7-3-2-4-8-14/h2-10,12,16H,11,13H2,1H3,(H,23,25). The molecule has 4 rings (SSSR count). The molecule has 28 heavy (non-hydrogen) atoms. The van der Waals surface area contributed by atoms with Crippen LogP contribution in [0.1, 0.15) is 20.2 Å². The van der Waals surface area contributed by atoms with Crippen LogP contribution >= 0.6 is 11.3 Å². The summed E-state index contributed by atoms with van der Waals surface area (Å²) in [7, 11) is 1.68. The van der Waals surface area contributed by atoms with Crippen molar-refractivity contribution in [1.29, 1.82) is 0 Å². The Kier molecular flexibility index (Phi) is 5.08. The SMILES string of the molecule is CN1C(=O)C(NC(=O)c2ncc(Cc3ccccc3)s2)COc2ccccc21. The summed E-state index contributed by atoms with van der Waals surface area (Å²) in [6.07, 6.45) is 2.43. The van der Waals surface area contributed by atoms with E-state index in [-0.39, 0.29) is 18.4 Å². The zero-order valence-electron chi connectivity index (χ0n) is 15.3. The third-order valence-electron chi connectivity index (χ3n) is 4.54. The lowest BCUT2D eigenvalue weighted by molar-refractivity contribution is -0.120. The number of hydrogen-bond acceptors (Lipinski definition) is 5. The van der Waals surface area contributed by atoms with Crippen LogP contribution in [0.15, 0.2) is 60.8 Å². The fraction of sp³-hybridized carbons (Fsp3) is 0.190. The number of amides is 2. The van der Waals surface area contributed by atoms with Gasteiger partial charge in [-0.2, -0.15) is 0 Å². The first-order valence-corrected chi connectivity index (χ1v) is 9.72. The van der Waals surface area contributed by atoms with Gasteiger partial charge in [-0.05, 0) is 17.7 Å². The summed E-state index contributed by atoms with van der Waals surface area (Å²) in [5.74, 6) is 0.0273. The van der Waals surface area contributed by atoms with Gasteiger partial charge in [0.05, 0.1) is 5.69 Å². The van der Waals surface area contributed by atoms with Crippen molar-refractivity contribution in [2.75, 3.05) is 18.6 Å². The molecular weight excluding hydrogens is 374 g/mol. The Morgan fingerprint density at radius 3 is 2.79 bits per heavy atom. The fourth-order valence-electron chi connectivity index (χ4n) is 3.07. The second-order valence-electron chi connectivity index (χ2n) is 6.50. The van der Waals surface area contributed by atoms with Gasteiger partial charge >= 0.3 is 0 Å². The molecule has 7 heteroatoms. The highest BCUT2D eigenvalue weighted by molar-refractivity contribution is 7.13. The number of rotatable bonds is 4. The van der Waals surface area contributed by atoms with Crippen molar-refractivity contribution in [3.05, 3.63) is 76.2 Å². The number of carbonyl (C=O) groups is 2. The number of carbonyl (C=O) groups excluding carboxylic acids is 2. The number of fused-ring (bicyclic) bond motifs is 1. The summed E-state index contributed by atoms with van der Waals surface area (Å²) in [4.78, 5) is 32.1. The van der Waals surface area contributed by atoms with E-state index < -0.39 is 6.04 Å². The largest absolute Gasteiger partial charge is 0.489 e. The Morgan fingerprint density at radius 2 is 1.96 bits per heavy atom. The van der Waals surface area contributed by atoms with Gasteiger partial charge in [0.1, 0.15) is 18.4 Å². The molecule has 1 unspecified atom stereocenters. The average Bonchev–Trinajstić information content (AvgIpc) is 3.15. The highest BCUT2D eigenvalue weighted by Gasteiger charge is 2.31. The number of benzene rings is 2. The van der Waals surface area contributed by atoms with Crippen LogP contribution in [0.4, 0.5) is 5.69 Å². The van der Waals surface area contributed by atoms with Crippen LogP contribution < -0.4 is 15.0 Å². The molecule has 3 aromatic rings. The molecule has 1 N–H and O–H groups in total. The third kappa shape index (κ3) is 3.75. The molecule has 1 atom stereocenters. The predicted octanol–water partition coefficient (Wildman–Crippen LogP) is 2.89. The Morgan fingerprint density at radius 1 is 1.21 bits per heavy atom. The summed E-state index contributed by atoms with van der Waals surface area (Å²) in [6.45, 7) is 0.0776. The van der Waals surface area contributed by atoms with Gasteiger partial charge in [-0.15, -0.1) is 11.3 Å². The van der Waals surface area contributed by atoms with Crippen LogP contribution in [-0.2, 0) is 11.2 Å². The van der Waals surface area contributed by atoms with E-state index in [9.17, 15) is 9.59 Å². The number of hydrogen-bond donors (Lipinski definition) is 1. The third-order valence-corrected chi connectivity index (χ3v) is 5.53. The zero-order chi connectivity index (χ0) is 19.5. The smallest absolute Gasteiger partial charge is 0.281 e. The quantitative estimate of drug-likeness (QED) is 0.740. The molecule has 2 aromatic carbocycles. The topological polar surface area (TPSA) is 71.5 Å². The molecule has 0 spiro atoms. The van der Waals surface area contributed by atoms with Crippen molar-refractivity contribution in [3.63, 3.8) is 0 Å². The van der Waals surface area contributed by atoms with Crippen LogP contribution in [0, 0.1) is 0 Å². The van der Waals surface area contributed by atoms with E-state index in [4.69, 9.17) is 4.74 Å². The molecule has 1 aliphatic rings. The Bertz CT molecular complexity index is 1000. The van der Waals surface area contributed by atoms with Crippen LogP contribution in [-0.4, -0.2) is 36.5 Å². The van der Waals surface area contributed by atoms with Crippen molar-refractivity contribution in [2.24, 2.45) is 0 Å². The molecular formula is C21H19N3O3S. The minimum atomic E-state index is -0.772. The minimum Gasteiger partial charge on any atom is -0.489 e. The van der Waals surface area contributed by atoms with E-state index in [1.807, 2.05) is 48.5 Å². The molecule has 1 aliphatic heterocycles. The van der Waals surface area contributed by atoms with Crippen LogP contribution in [0.5, 0.6) is 5.75 Å². The van der Waals surface area contributed by atoms with Crippen LogP contribution in [0.2, 0.25) is 0 Å². The average molecular weight is 393 g/mol. The molecule has 6 nitrogen and oxygen atoms in total. The molecule has 2 amide bonds. The maximum Gasteiger partial charge on any atom is 0.281 e. The van der Waals surface area contributed by atoms with E-state index >= 15 is 0 Å². The van der Waals surface area contributed by atoms with Crippen LogP contribution in [0.3, 0.4) is 0 Å². The number of nitrogens with one attached hydrogen (secondary N) is 1. The summed E-state index contributed by atoms with van der Waals surface area (Å²) in [5.41, 5.74) is 1.84. The first kappa shape index (κ1) is 18.2. The molecule has 0 saturated carbocycles. The monoisotopic (exact) mass is 393 g/mol. The number of aromatic nitrogens is 1. The fourth-order valence-corrected chi connectivity index (χ4v) is 3.92. The molecule has 0 radical (unpaired) electrons. The maximum absolute atomic E-state index is 12.7. The number of likely N-dealkylation sites (N-methyl/N-ethyl adjacent to an activating group) is 1. The van der Waals surface area contributed by atoms with E-state index in [0.29, 0.717) is 16.4 Å². The number of nitrogens with zero attached hydrogens (tertiary/aromatic N) is 2. The van der Waals surface area contributed by atoms with Gasteiger partial charge in [-0.3, -0.25) is 9.59 Å². The number of anilines is 1. The van der Waals surface area contributed by atoms with Crippen molar-refractivity contribution >= 4 is 28.8 Å². The Balaban J connectivity index is 1.45. The lowest BCUT2D eigenvalue weighted by Crippen LogP contribution is -2.49. The predicted molar refractivity (Wildman–Crippen MR) is 108 cm³/mol. The second-order valence-corrected chi connectivity index (χ2v) is 7.61. The summed E-state index contributed by atoms with van der Waals surface area (Å²) < 4.78 is 5.73. The van der Waals surface area contributed by atoms with Gasteiger partial charge in [-0.25, -0.2) is 4.98 Å². The highest BCUT2D eigenvalue weighted by atomic mass is 32.1. The summed E-state index contributed by atoms with van der Waals surface area (Å²) in [5, 5.41) is 3.10. The highest BCUT2D eigenvalue weighted by Crippen LogP contribution is 2.30.